The Bertz CT molecular complexity index is 797. The maximum Gasteiger partial charge on any atom is 0.285 e. The SMILES string of the molecule is CCOc1ncccc1C(=O)/N=c1\sc(C(C)(C)C)cn1CC(C)C. The van der Waals surface area contributed by atoms with Gasteiger partial charge in [0.25, 0.3) is 5.91 Å². The highest BCUT2D eigenvalue weighted by atomic mass is 32.1. The van der Waals surface area contributed by atoms with Gasteiger partial charge in [0.1, 0.15) is 5.56 Å². The third kappa shape index (κ3) is 5.01. The van der Waals surface area contributed by atoms with Crippen LogP contribution in [0.3, 0.4) is 0 Å². The lowest BCUT2D eigenvalue weighted by Gasteiger charge is -2.14. The van der Waals surface area contributed by atoms with Gasteiger partial charge in [-0.1, -0.05) is 34.6 Å². The predicted octanol–water partition coefficient (Wildman–Crippen LogP) is 4.04. The van der Waals surface area contributed by atoms with Crippen LogP contribution in [0.2, 0.25) is 0 Å². The molecule has 2 heterocycles. The molecule has 0 fully saturated rings. The molecule has 0 bridgehead atoms. The van der Waals surface area contributed by atoms with E-state index in [1.165, 1.54) is 4.88 Å². The van der Waals surface area contributed by atoms with Gasteiger partial charge < -0.3 is 9.30 Å². The molecule has 2 aromatic heterocycles. The number of nitrogens with zero attached hydrogens (tertiary/aromatic N) is 3. The quantitative estimate of drug-likeness (QED) is 0.808. The Balaban J connectivity index is 2.49. The number of carbonyl (C=O) groups is 1. The third-order valence-electron chi connectivity index (χ3n) is 3.50. The smallest absolute Gasteiger partial charge is 0.285 e. The van der Waals surface area contributed by atoms with Crippen LogP contribution in [0.1, 0.15) is 56.8 Å². The normalized spacial score (nSPS) is 12.7. The summed E-state index contributed by atoms with van der Waals surface area (Å²) in [5, 5.41) is 0. The molecule has 0 radical (unpaired) electrons. The first-order chi connectivity index (χ1) is 11.7. The highest BCUT2D eigenvalue weighted by Crippen LogP contribution is 2.25. The zero-order valence-corrected chi connectivity index (χ0v) is 16.7. The van der Waals surface area contributed by atoms with Crippen molar-refractivity contribution in [3.8, 4) is 5.88 Å². The predicted molar refractivity (Wildman–Crippen MR) is 101 cm³/mol. The van der Waals surface area contributed by atoms with Crippen LogP contribution in [0.15, 0.2) is 29.5 Å². The summed E-state index contributed by atoms with van der Waals surface area (Å²) in [5.74, 6) is 0.479. The van der Waals surface area contributed by atoms with Gasteiger partial charge >= 0.3 is 0 Å². The maximum absolute atomic E-state index is 12.7. The second kappa shape index (κ2) is 7.95. The average molecular weight is 362 g/mol. The summed E-state index contributed by atoms with van der Waals surface area (Å²) in [6.45, 7) is 13.9. The molecule has 2 rings (SSSR count). The van der Waals surface area contributed by atoms with E-state index < -0.39 is 0 Å². The fourth-order valence-corrected chi connectivity index (χ4v) is 3.35. The fraction of sp³-hybridized carbons (Fsp3) is 0.526. The van der Waals surface area contributed by atoms with Crippen molar-refractivity contribution in [1.82, 2.24) is 9.55 Å². The zero-order chi connectivity index (χ0) is 18.6. The molecule has 2 aromatic rings. The molecule has 0 aliphatic carbocycles. The van der Waals surface area contributed by atoms with Crippen LogP contribution in [-0.2, 0) is 12.0 Å². The Labute approximate surface area is 153 Å². The number of carbonyl (C=O) groups excluding carboxylic acids is 1. The highest BCUT2D eigenvalue weighted by Gasteiger charge is 2.19. The van der Waals surface area contributed by atoms with Crippen LogP contribution < -0.4 is 9.54 Å². The fourth-order valence-electron chi connectivity index (χ4n) is 2.29. The van der Waals surface area contributed by atoms with Gasteiger partial charge in [0.2, 0.25) is 5.88 Å². The second-order valence-corrected chi connectivity index (χ2v) is 8.39. The molecule has 25 heavy (non-hydrogen) atoms. The molecular formula is C19H27N3O2S. The largest absolute Gasteiger partial charge is 0.477 e. The molecule has 136 valence electrons. The Kier molecular flexibility index (Phi) is 6.16. The van der Waals surface area contributed by atoms with Crippen LogP contribution in [0.5, 0.6) is 5.88 Å². The van der Waals surface area contributed by atoms with Crippen molar-refractivity contribution < 1.29 is 9.53 Å². The second-order valence-electron chi connectivity index (χ2n) is 7.38. The molecular weight excluding hydrogens is 334 g/mol. The summed E-state index contributed by atoms with van der Waals surface area (Å²) < 4.78 is 7.53. The Morgan fingerprint density at radius 3 is 2.72 bits per heavy atom. The minimum Gasteiger partial charge on any atom is -0.477 e. The van der Waals surface area contributed by atoms with Gasteiger partial charge in [-0.2, -0.15) is 4.99 Å². The van der Waals surface area contributed by atoms with Crippen molar-refractivity contribution in [2.45, 2.75) is 53.5 Å². The van der Waals surface area contributed by atoms with E-state index >= 15 is 0 Å². The van der Waals surface area contributed by atoms with E-state index in [1.807, 2.05) is 6.92 Å². The number of ether oxygens (including phenoxy) is 1. The number of amides is 1. The molecule has 0 atom stereocenters. The van der Waals surface area contributed by atoms with Gasteiger partial charge in [-0.3, -0.25) is 4.79 Å². The van der Waals surface area contributed by atoms with Crippen LogP contribution in [0.25, 0.3) is 0 Å². The van der Waals surface area contributed by atoms with E-state index in [9.17, 15) is 4.79 Å². The van der Waals surface area contributed by atoms with Crippen LogP contribution in [-0.4, -0.2) is 22.1 Å². The van der Waals surface area contributed by atoms with Crippen molar-refractivity contribution >= 4 is 17.2 Å². The van der Waals surface area contributed by atoms with E-state index in [2.05, 4.69) is 55.4 Å². The van der Waals surface area contributed by atoms with E-state index in [-0.39, 0.29) is 11.3 Å². The van der Waals surface area contributed by atoms with Gasteiger partial charge in [0.05, 0.1) is 6.61 Å². The molecule has 6 heteroatoms. The lowest BCUT2D eigenvalue weighted by atomic mass is 9.95. The molecule has 0 aliphatic rings. The van der Waals surface area contributed by atoms with Gasteiger partial charge in [-0.25, -0.2) is 4.98 Å². The number of hydrogen-bond donors (Lipinski definition) is 0. The lowest BCUT2D eigenvalue weighted by molar-refractivity contribution is 0.0993. The molecule has 0 spiro atoms. The molecule has 0 unspecified atom stereocenters. The topological polar surface area (TPSA) is 56.5 Å². The molecule has 0 saturated heterocycles. The lowest BCUT2D eigenvalue weighted by Crippen LogP contribution is -2.19. The van der Waals surface area contributed by atoms with E-state index in [0.717, 1.165) is 11.3 Å². The molecule has 0 aliphatic heterocycles. The summed E-state index contributed by atoms with van der Waals surface area (Å²) in [4.78, 5) is 23.2. The molecule has 5 nitrogen and oxygen atoms in total. The summed E-state index contributed by atoms with van der Waals surface area (Å²) >= 11 is 1.56. The van der Waals surface area contributed by atoms with Crippen molar-refractivity contribution in [2.75, 3.05) is 6.61 Å². The van der Waals surface area contributed by atoms with Crippen molar-refractivity contribution in [2.24, 2.45) is 10.9 Å². The standard InChI is InChI=1S/C19H27N3O2S/c1-7-24-17-14(9-8-10-20-17)16(23)21-18-22(11-13(2)3)12-15(25-18)19(4,5)6/h8-10,12-13H,7,11H2,1-6H3/b21-18-. The number of pyridine rings is 1. The van der Waals surface area contributed by atoms with E-state index in [4.69, 9.17) is 4.74 Å². The van der Waals surface area contributed by atoms with Crippen LogP contribution in [0, 0.1) is 5.92 Å². The first-order valence-electron chi connectivity index (χ1n) is 8.60. The molecule has 0 N–H and O–H groups in total. The number of hydrogen-bond acceptors (Lipinski definition) is 4. The van der Waals surface area contributed by atoms with Gasteiger partial charge in [0.15, 0.2) is 4.80 Å². The van der Waals surface area contributed by atoms with Gasteiger partial charge in [-0.15, -0.1) is 11.3 Å². The summed E-state index contributed by atoms with van der Waals surface area (Å²) in [7, 11) is 0. The zero-order valence-electron chi connectivity index (χ0n) is 15.9. The minimum absolute atomic E-state index is 0.0188. The average Bonchev–Trinajstić information content (AvgIpc) is 2.90. The molecule has 0 aromatic carbocycles. The first kappa shape index (κ1) is 19.4. The Hall–Kier alpha value is -1.95. The van der Waals surface area contributed by atoms with Crippen molar-refractivity contribution in [3.05, 3.63) is 39.8 Å². The molecule has 1 amide bonds. The summed E-state index contributed by atoms with van der Waals surface area (Å²) in [6.07, 6.45) is 3.73. The van der Waals surface area contributed by atoms with Crippen molar-refractivity contribution in [1.29, 1.82) is 0 Å². The number of thiazole rings is 1. The number of aromatic nitrogens is 2. The van der Waals surface area contributed by atoms with E-state index in [0.29, 0.717) is 24.0 Å². The third-order valence-corrected chi connectivity index (χ3v) is 4.95. The van der Waals surface area contributed by atoms with Gasteiger partial charge in [-0.05, 0) is 30.4 Å². The minimum atomic E-state index is -0.323. The Morgan fingerprint density at radius 2 is 2.12 bits per heavy atom. The monoisotopic (exact) mass is 361 g/mol. The van der Waals surface area contributed by atoms with Crippen molar-refractivity contribution in [3.63, 3.8) is 0 Å². The summed E-state index contributed by atoms with van der Waals surface area (Å²) in [5.41, 5.74) is 0.413. The molecule has 0 saturated carbocycles. The highest BCUT2D eigenvalue weighted by molar-refractivity contribution is 7.09. The van der Waals surface area contributed by atoms with E-state index in [1.54, 1.807) is 29.7 Å². The summed E-state index contributed by atoms with van der Waals surface area (Å²) in [6, 6.07) is 3.43. The Morgan fingerprint density at radius 1 is 1.40 bits per heavy atom. The van der Waals surface area contributed by atoms with Gasteiger partial charge in [0, 0.05) is 23.8 Å². The maximum atomic E-state index is 12.7. The first-order valence-corrected chi connectivity index (χ1v) is 9.41. The van der Waals surface area contributed by atoms with Crippen LogP contribution in [0.4, 0.5) is 0 Å². The number of rotatable bonds is 5. The van der Waals surface area contributed by atoms with Crippen LogP contribution >= 0.6 is 11.3 Å².